The van der Waals surface area contributed by atoms with Gasteiger partial charge in [-0.15, -0.1) is 0 Å². The van der Waals surface area contributed by atoms with Crippen molar-refractivity contribution in [2.45, 2.75) is 12.5 Å². The Balaban J connectivity index is 1.97. The number of oxazole rings is 1. The molecule has 0 aliphatic carbocycles. The van der Waals surface area contributed by atoms with Gasteiger partial charge in [-0.05, 0) is 25.1 Å². The molecule has 1 fully saturated rings. The average Bonchev–Trinajstić information content (AvgIpc) is 2.98. The molecule has 0 spiro atoms. The van der Waals surface area contributed by atoms with Gasteiger partial charge in [-0.1, -0.05) is 6.07 Å². The van der Waals surface area contributed by atoms with E-state index in [2.05, 4.69) is 10.3 Å². The second-order valence-corrected chi connectivity index (χ2v) is 4.34. The van der Waals surface area contributed by atoms with Crippen LogP contribution < -0.4 is 10.2 Å². The highest BCUT2D eigenvalue weighted by Crippen LogP contribution is 2.25. The third-order valence-electron chi connectivity index (χ3n) is 3.24. The molecule has 0 amide bonds. The zero-order valence-electron chi connectivity index (χ0n) is 9.61. The van der Waals surface area contributed by atoms with Gasteiger partial charge in [0.1, 0.15) is 5.52 Å². The van der Waals surface area contributed by atoms with E-state index >= 15 is 0 Å². The Labute approximate surface area is 98.4 Å². The van der Waals surface area contributed by atoms with Gasteiger partial charge >= 0.3 is 0 Å². The molecule has 1 N–H and O–H groups in total. The maximum Gasteiger partial charge on any atom is 0.298 e. The molecule has 0 saturated carbocycles. The standard InChI is InChI=1S/C12H14FN3O/c1-16(8-5-6-14-7-8)12-15-11-9(13)3-2-4-10(11)17-12/h2-4,8,14H,5-7H2,1H3. The highest BCUT2D eigenvalue weighted by molar-refractivity contribution is 5.75. The van der Waals surface area contributed by atoms with Gasteiger partial charge in [0.2, 0.25) is 0 Å². The largest absolute Gasteiger partial charge is 0.423 e. The molecule has 0 radical (unpaired) electrons. The number of nitrogens with one attached hydrogen (secondary N) is 1. The molecule has 1 unspecified atom stereocenters. The lowest BCUT2D eigenvalue weighted by molar-refractivity contribution is 0.548. The Morgan fingerprint density at radius 3 is 3.12 bits per heavy atom. The van der Waals surface area contributed by atoms with E-state index in [9.17, 15) is 4.39 Å². The van der Waals surface area contributed by atoms with Gasteiger partial charge in [0.05, 0.1) is 0 Å². The van der Waals surface area contributed by atoms with Gasteiger partial charge in [-0.3, -0.25) is 0 Å². The van der Waals surface area contributed by atoms with Crippen molar-refractivity contribution in [3.8, 4) is 0 Å². The Morgan fingerprint density at radius 2 is 2.41 bits per heavy atom. The molecule has 1 aromatic heterocycles. The van der Waals surface area contributed by atoms with Crippen LogP contribution in [-0.2, 0) is 0 Å². The second kappa shape index (κ2) is 4.00. The molecular weight excluding hydrogens is 221 g/mol. The van der Waals surface area contributed by atoms with Crippen LogP contribution in [0.25, 0.3) is 11.1 Å². The highest BCUT2D eigenvalue weighted by atomic mass is 19.1. The fourth-order valence-corrected chi connectivity index (χ4v) is 2.18. The zero-order chi connectivity index (χ0) is 11.8. The maximum atomic E-state index is 13.5. The van der Waals surface area contributed by atoms with Gasteiger partial charge in [0, 0.05) is 19.6 Å². The van der Waals surface area contributed by atoms with Crippen LogP contribution in [-0.4, -0.2) is 31.2 Å². The van der Waals surface area contributed by atoms with Crippen LogP contribution in [0, 0.1) is 5.82 Å². The van der Waals surface area contributed by atoms with Crippen molar-refractivity contribution in [1.82, 2.24) is 10.3 Å². The van der Waals surface area contributed by atoms with Crippen molar-refractivity contribution >= 4 is 17.1 Å². The number of nitrogens with zero attached hydrogens (tertiary/aromatic N) is 2. The second-order valence-electron chi connectivity index (χ2n) is 4.34. The highest BCUT2D eigenvalue weighted by Gasteiger charge is 2.23. The Hall–Kier alpha value is -1.62. The van der Waals surface area contributed by atoms with E-state index in [4.69, 9.17) is 4.42 Å². The van der Waals surface area contributed by atoms with E-state index in [-0.39, 0.29) is 5.82 Å². The first kappa shape index (κ1) is 10.5. The number of hydrogen-bond donors (Lipinski definition) is 1. The van der Waals surface area contributed by atoms with Crippen molar-refractivity contribution in [3.63, 3.8) is 0 Å². The summed E-state index contributed by atoms with van der Waals surface area (Å²) in [5, 5.41) is 3.28. The molecule has 2 aromatic rings. The Morgan fingerprint density at radius 1 is 1.53 bits per heavy atom. The van der Waals surface area contributed by atoms with E-state index in [0.29, 0.717) is 23.2 Å². The van der Waals surface area contributed by atoms with Gasteiger partial charge in [0.25, 0.3) is 6.01 Å². The summed E-state index contributed by atoms with van der Waals surface area (Å²) in [7, 11) is 1.93. The van der Waals surface area contributed by atoms with Crippen LogP contribution in [0.2, 0.25) is 0 Å². The van der Waals surface area contributed by atoms with Crippen LogP contribution in [0.4, 0.5) is 10.4 Å². The normalized spacial score (nSPS) is 20.0. The lowest BCUT2D eigenvalue weighted by Crippen LogP contribution is -2.33. The summed E-state index contributed by atoms with van der Waals surface area (Å²) in [5.74, 6) is -0.338. The number of halogens is 1. The van der Waals surface area contributed by atoms with Gasteiger partial charge in [0.15, 0.2) is 11.4 Å². The predicted molar refractivity (Wildman–Crippen MR) is 63.6 cm³/mol. The van der Waals surface area contributed by atoms with Crippen LogP contribution >= 0.6 is 0 Å². The van der Waals surface area contributed by atoms with Crippen molar-refractivity contribution in [2.75, 3.05) is 25.0 Å². The summed E-state index contributed by atoms with van der Waals surface area (Å²) in [5.41, 5.74) is 0.804. The third-order valence-corrected chi connectivity index (χ3v) is 3.24. The van der Waals surface area contributed by atoms with Crippen molar-refractivity contribution in [2.24, 2.45) is 0 Å². The summed E-state index contributed by atoms with van der Waals surface area (Å²) < 4.78 is 19.1. The lowest BCUT2D eigenvalue weighted by atomic mass is 10.2. The first-order valence-electron chi connectivity index (χ1n) is 5.74. The fourth-order valence-electron chi connectivity index (χ4n) is 2.18. The first-order valence-corrected chi connectivity index (χ1v) is 5.74. The fraction of sp³-hybridized carbons (Fsp3) is 0.417. The quantitative estimate of drug-likeness (QED) is 0.861. The van der Waals surface area contributed by atoms with Crippen molar-refractivity contribution in [1.29, 1.82) is 0 Å². The van der Waals surface area contributed by atoms with E-state index in [1.54, 1.807) is 12.1 Å². The van der Waals surface area contributed by atoms with E-state index in [1.807, 2.05) is 11.9 Å². The minimum Gasteiger partial charge on any atom is -0.423 e. The molecule has 1 atom stereocenters. The van der Waals surface area contributed by atoms with Crippen LogP contribution in [0.1, 0.15) is 6.42 Å². The summed E-state index contributed by atoms with van der Waals surface area (Å²) in [4.78, 5) is 6.18. The van der Waals surface area contributed by atoms with E-state index < -0.39 is 0 Å². The molecule has 90 valence electrons. The molecule has 1 aromatic carbocycles. The third kappa shape index (κ3) is 1.76. The summed E-state index contributed by atoms with van der Waals surface area (Å²) in [6.45, 7) is 1.92. The molecule has 17 heavy (non-hydrogen) atoms. The molecule has 4 nitrogen and oxygen atoms in total. The number of aromatic nitrogens is 1. The molecule has 5 heteroatoms. The number of likely N-dealkylation sites (N-methyl/N-ethyl adjacent to an activating group) is 1. The molecule has 0 bridgehead atoms. The number of anilines is 1. The summed E-state index contributed by atoms with van der Waals surface area (Å²) >= 11 is 0. The van der Waals surface area contributed by atoms with Crippen molar-refractivity contribution < 1.29 is 8.81 Å². The Kier molecular flexibility index (Phi) is 2.48. The van der Waals surface area contributed by atoms with Crippen LogP contribution in [0.5, 0.6) is 0 Å². The number of fused-ring (bicyclic) bond motifs is 1. The molecule has 1 aliphatic rings. The van der Waals surface area contributed by atoms with Gasteiger partial charge < -0.3 is 14.6 Å². The molecule has 1 saturated heterocycles. The SMILES string of the molecule is CN(c1nc2c(F)cccc2o1)C1CCNC1. The van der Waals surface area contributed by atoms with E-state index in [0.717, 1.165) is 19.5 Å². The Bertz CT molecular complexity index is 534. The number of rotatable bonds is 2. The number of para-hydroxylation sites is 1. The molecular formula is C12H14FN3O. The predicted octanol–water partition coefficient (Wildman–Crippen LogP) is 1.76. The minimum atomic E-state index is -0.338. The zero-order valence-corrected chi connectivity index (χ0v) is 9.61. The molecule has 2 heterocycles. The van der Waals surface area contributed by atoms with Crippen molar-refractivity contribution in [3.05, 3.63) is 24.0 Å². The molecule has 1 aliphatic heterocycles. The smallest absolute Gasteiger partial charge is 0.298 e. The monoisotopic (exact) mass is 235 g/mol. The maximum absolute atomic E-state index is 13.5. The molecule has 3 rings (SSSR count). The lowest BCUT2D eigenvalue weighted by Gasteiger charge is -2.21. The van der Waals surface area contributed by atoms with E-state index in [1.165, 1.54) is 6.07 Å². The minimum absolute atomic E-state index is 0.306. The number of hydrogen-bond acceptors (Lipinski definition) is 4. The number of benzene rings is 1. The van der Waals surface area contributed by atoms with Crippen LogP contribution in [0.15, 0.2) is 22.6 Å². The first-order chi connectivity index (χ1) is 8.25. The topological polar surface area (TPSA) is 41.3 Å². The van der Waals surface area contributed by atoms with Crippen LogP contribution in [0.3, 0.4) is 0 Å². The van der Waals surface area contributed by atoms with Gasteiger partial charge in [-0.25, -0.2) is 4.39 Å². The average molecular weight is 235 g/mol. The summed E-state index contributed by atoms with van der Waals surface area (Å²) in [6, 6.07) is 5.61. The van der Waals surface area contributed by atoms with Gasteiger partial charge in [-0.2, -0.15) is 4.98 Å². The summed E-state index contributed by atoms with van der Waals surface area (Å²) in [6.07, 6.45) is 1.05.